The molecule has 2 nitrogen and oxygen atoms in total. The van der Waals surface area contributed by atoms with E-state index >= 15 is 0 Å². The maximum Gasteiger partial charge on any atom is 0.136 e. The van der Waals surface area contributed by atoms with Gasteiger partial charge in [-0.15, -0.1) is 0 Å². The Bertz CT molecular complexity index is 4200. The number of hydrogen-bond donors (Lipinski definition) is 0. The van der Waals surface area contributed by atoms with Crippen LogP contribution >= 0.6 is 0 Å². The van der Waals surface area contributed by atoms with Crippen molar-refractivity contribution < 1.29 is 9.47 Å². The lowest BCUT2D eigenvalue weighted by atomic mass is 9.84. The molecule has 68 heavy (non-hydrogen) atoms. The predicted octanol–water partition coefficient (Wildman–Crippen LogP) is 18.8. The summed E-state index contributed by atoms with van der Waals surface area (Å²) in [5.74, 6) is 3.38. The van der Waals surface area contributed by atoms with Crippen LogP contribution in [0, 0.1) is 0 Å². The molecule has 0 saturated carbocycles. The SMILES string of the molecule is c1ccc(-c2c3ccccc3c(-c3ccc4c(c3)Oc3ccc5c6c(ccc-4c36)-c3ccc(-c4c6ccccc6c(-c6ccc7ccccc7c6)c6ccccc46)cc3O5)c3ccccc23)cc1. The molecule has 314 valence electrons. The van der Waals surface area contributed by atoms with Crippen LogP contribution in [-0.2, 0) is 0 Å². The fraction of sp³-hybridized carbons (Fsp3) is 0. The molecule has 0 radical (unpaired) electrons. The Morgan fingerprint density at radius 1 is 0.206 bits per heavy atom. The number of fused-ring (bicyclic) bond motifs is 9. The first kappa shape index (κ1) is 37.3. The molecule has 0 aromatic heterocycles. The molecule has 13 aromatic rings. The van der Waals surface area contributed by atoms with Crippen molar-refractivity contribution in [2.75, 3.05) is 0 Å². The molecule has 2 aliphatic heterocycles. The molecule has 0 amide bonds. The molecule has 13 aromatic carbocycles. The number of rotatable bonds is 4. The Kier molecular flexibility index (Phi) is 7.81. The fourth-order valence-corrected chi connectivity index (χ4v) is 11.7. The minimum absolute atomic E-state index is 0.840. The van der Waals surface area contributed by atoms with E-state index in [1.807, 2.05) is 0 Å². The van der Waals surface area contributed by atoms with E-state index in [9.17, 15) is 0 Å². The van der Waals surface area contributed by atoms with Gasteiger partial charge in [-0.3, -0.25) is 0 Å². The second-order valence-electron chi connectivity index (χ2n) is 18.2. The van der Waals surface area contributed by atoms with Crippen molar-refractivity contribution in [1.82, 2.24) is 0 Å². The highest BCUT2D eigenvalue weighted by atomic mass is 16.5. The Labute approximate surface area is 392 Å². The maximum atomic E-state index is 6.98. The van der Waals surface area contributed by atoms with E-state index in [-0.39, 0.29) is 0 Å². The summed E-state index contributed by atoms with van der Waals surface area (Å²) >= 11 is 0. The van der Waals surface area contributed by atoms with Gasteiger partial charge in [0.15, 0.2) is 0 Å². The summed E-state index contributed by atoms with van der Waals surface area (Å²) in [5, 5.41) is 14.5. The number of benzene rings is 13. The van der Waals surface area contributed by atoms with Gasteiger partial charge in [0.05, 0.1) is 0 Å². The highest BCUT2D eigenvalue weighted by Gasteiger charge is 2.29. The van der Waals surface area contributed by atoms with Crippen molar-refractivity contribution in [3.05, 3.63) is 231 Å². The summed E-state index contributed by atoms with van der Waals surface area (Å²) in [6, 6.07) is 83.8. The summed E-state index contributed by atoms with van der Waals surface area (Å²) in [7, 11) is 0. The van der Waals surface area contributed by atoms with Crippen molar-refractivity contribution in [3.63, 3.8) is 0 Å². The number of hydrogen-bond acceptors (Lipinski definition) is 2. The van der Waals surface area contributed by atoms with Crippen LogP contribution in [0.5, 0.6) is 23.0 Å². The summed E-state index contributed by atoms with van der Waals surface area (Å²) in [6.07, 6.45) is 0. The van der Waals surface area contributed by atoms with Gasteiger partial charge in [0, 0.05) is 21.9 Å². The monoisotopic (exact) mass is 862 g/mol. The van der Waals surface area contributed by atoms with Gasteiger partial charge in [-0.05, 0) is 152 Å². The van der Waals surface area contributed by atoms with Gasteiger partial charge < -0.3 is 9.47 Å². The normalized spacial score (nSPS) is 12.4. The zero-order chi connectivity index (χ0) is 44.5. The Balaban J connectivity index is 0.856. The molecule has 0 unspecified atom stereocenters. The molecule has 2 heterocycles. The van der Waals surface area contributed by atoms with Crippen molar-refractivity contribution in [1.29, 1.82) is 0 Å². The smallest absolute Gasteiger partial charge is 0.136 e. The molecule has 0 bridgehead atoms. The van der Waals surface area contributed by atoms with E-state index in [1.54, 1.807) is 0 Å². The zero-order valence-electron chi connectivity index (χ0n) is 36.8. The van der Waals surface area contributed by atoms with Gasteiger partial charge in [0.1, 0.15) is 23.0 Å². The van der Waals surface area contributed by atoms with Gasteiger partial charge >= 0.3 is 0 Å². The lowest BCUT2D eigenvalue weighted by molar-refractivity contribution is 0.475. The van der Waals surface area contributed by atoms with Gasteiger partial charge in [0.25, 0.3) is 0 Å². The third-order valence-electron chi connectivity index (χ3n) is 14.6. The minimum atomic E-state index is 0.840. The molecule has 0 N–H and O–H groups in total. The molecule has 0 spiro atoms. The third kappa shape index (κ3) is 5.34. The van der Waals surface area contributed by atoms with Crippen LogP contribution in [0.25, 0.3) is 131 Å². The quantitative estimate of drug-likeness (QED) is 0.164. The minimum Gasteiger partial charge on any atom is -0.456 e. The Morgan fingerprint density at radius 3 is 0.985 bits per heavy atom. The lowest BCUT2D eigenvalue weighted by Gasteiger charge is -2.28. The lowest BCUT2D eigenvalue weighted by Crippen LogP contribution is -2.03. The highest BCUT2D eigenvalue weighted by Crippen LogP contribution is 2.57. The van der Waals surface area contributed by atoms with Crippen LogP contribution in [0.2, 0.25) is 0 Å². The molecular weight excluding hydrogens is 825 g/mol. The third-order valence-corrected chi connectivity index (χ3v) is 14.6. The van der Waals surface area contributed by atoms with E-state index in [2.05, 4.69) is 231 Å². The van der Waals surface area contributed by atoms with Gasteiger partial charge in [-0.2, -0.15) is 0 Å². The summed E-state index contributed by atoms with van der Waals surface area (Å²) in [6.45, 7) is 0. The van der Waals surface area contributed by atoms with E-state index in [1.165, 1.54) is 87.2 Å². The van der Waals surface area contributed by atoms with E-state index in [0.717, 1.165) is 67.2 Å². The van der Waals surface area contributed by atoms with Crippen molar-refractivity contribution in [2.45, 2.75) is 0 Å². The van der Waals surface area contributed by atoms with E-state index in [0.29, 0.717) is 0 Å². The first-order valence-corrected chi connectivity index (χ1v) is 23.4. The first-order chi connectivity index (χ1) is 33.7. The summed E-state index contributed by atoms with van der Waals surface area (Å²) in [4.78, 5) is 0. The molecule has 2 aliphatic rings. The van der Waals surface area contributed by atoms with E-state index in [4.69, 9.17) is 9.47 Å². The molecule has 0 fully saturated rings. The highest BCUT2D eigenvalue weighted by molar-refractivity contribution is 6.24. The van der Waals surface area contributed by atoms with E-state index < -0.39 is 0 Å². The van der Waals surface area contributed by atoms with Crippen LogP contribution < -0.4 is 9.47 Å². The second kappa shape index (κ2) is 14.3. The van der Waals surface area contributed by atoms with Crippen molar-refractivity contribution in [2.24, 2.45) is 0 Å². The topological polar surface area (TPSA) is 18.5 Å². The van der Waals surface area contributed by atoms with Crippen LogP contribution in [0.3, 0.4) is 0 Å². The van der Waals surface area contributed by atoms with Gasteiger partial charge in [-0.1, -0.05) is 188 Å². The van der Waals surface area contributed by atoms with Crippen LogP contribution in [0.15, 0.2) is 231 Å². The standard InChI is InChI=1S/C66H38O2/c1-2-15-40(16-3-1)61-47-18-6-8-20-49(47)63(50-21-9-7-19-48(50)61)43-28-30-45-55-32-33-56-46-31-29-44(38-60(46)68-58-35-34-57(65(55)66(56)58)67-59(45)37-43)64-53-24-12-10-22-51(53)62(52-23-11-13-25-54(52)64)42-27-26-39-14-4-5-17-41(39)36-42/h1-38H. The largest absolute Gasteiger partial charge is 0.456 e. The summed E-state index contributed by atoms with van der Waals surface area (Å²) in [5.41, 5.74) is 14.1. The van der Waals surface area contributed by atoms with Gasteiger partial charge in [-0.25, -0.2) is 0 Å². The predicted molar refractivity (Wildman–Crippen MR) is 284 cm³/mol. The molecule has 0 aliphatic carbocycles. The van der Waals surface area contributed by atoms with Crippen LogP contribution in [0.4, 0.5) is 0 Å². The van der Waals surface area contributed by atoms with Crippen molar-refractivity contribution in [3.8, 4) is 89.8 Å². The maximum absolute atomic E-state index is 6.98. The Morgan fingerprint density at radius 2 is 0.544 bits per heavy atom. The van der Waals surface area contributed by atoms with Crippen molar-refractivity contribution >= 4 is 64.6 Å². The Hall–Kier alpha value is -8.98. The summed E-state index contributed by atoms with van der Waals surface area (Å²) < 4.78 is 13.9. The second-order valence-corrected chi connectivity index (χ2v) is 18.2. The number of ether oxygens (including phenoxy) is 2. The van der Waals surface area contributed by atoms with Gasteiger partial charge in [0.2, 0.25) is 0 Å². The molecule has 0 saturated heterocycles. The average Bonchev–Trinajstić information content (AvgIpc) is 3.40. The fourth-order valence-electron chi connectivity index (χ4n) is 11.7. The zero-order valence-corrected chi connectivity index (χ0v) is 36.8. The molecule has 0 atom stereocenters. The molecular formula is C66H38O2. The van der Waals surface area contributed by atoms with Crippen LogP contribution in [-0.4, -0.2) is 0 Å². The first-order valence-electron chi connectivity index (χ1n) is 23.4. The molecule has 2 heteroatoms. The van der Waals surface area contributed by atoms with Crippen LogP contribution in [0.1, 0.15) is 0 Å². The average molecular weight is 863 g/mol. The molecule has 15 rings (SSSR count).